The van der Waals surface area contributed by atoms with Crippen LogP contribution in [0.1, 0.15) is 27.8 Å². The lowest BCUT2D eigenvalue weighted by Gasteiger charge is -2.33. The quantitative estimate of drug-likeness (QED) is 0.575. The molecule has 1 aromatic carbocycles. The largest absolute Gasteiger partial charge is 0.460 e. The molecule has 3 heterocycles. The van der Waals surface area contributed by atoms with Gasteiger partial charge in [0.05, 0.1) is 19.8 Å². The molecule has 1 aromatic heterocycles. The van der Waals surface area contributed by atoms with Crippen molar-refractivity contribution in [2.24, 2.45) is 0 Å². The smallest absolute Gasteiger partial charge is 0.374 e. The van der Waals surface area contributed by atoms with Crippen LogP contribution >= 0.6 is 0 Å². The lowest BCUT2D eigenvalue weighted by atomic mass is 10.1. The molecule has 4 rings (SSSR count). The highest BCUT2D eigenvalue weighted by molar-refractivity contribution is 7.89. The average Bonchev–Trinajstić information content (AvgIpc) is 3.36. The maximum absolute atomic E-state index is 12.9. The van der Waals surface area contributed by atoms with Gasteiger partial charge in [0.25, 0.3) is 15.9 Å². The number of morpholine rings is 1. The normalized spacial score (nSPS) is 17.7. The molecule has 0 atom stereocenters. The Kier molecular flexibility index (Phi) is 7.01. The number of hydrogen-bond donors (Lipinski definition) is 0. The van der Waals surface area contributed by atoms with Crippen molar-refractivity contribution in [3.63, 3.8) is 0 Å². The monoisotopic (exact) mass is 477 g/mol. The summed E-state index contributed by atoms with van der Waals surface area (Å²) in [7, 11) is -3.92. The Morgan fingerprint density at radius 3 is 2.24 bits per heavy atom. The van der Waals surface area contributed by atoms with Gasteiger partial charge in [0, 0.05) is 50.5 Å². The second-order valence-corrected chi connectivity index (χ2v) is 9.55. The molecule has 0 aliphatic carbocycles. The lowest BCUT2D eigenvalue weighted by Crippen LogP contribution is -2.50. The zero-order chi connectivity index (χ0) is 23.4. The summed E-state index contributed by atoms with van der Waals surface area (Å²) >= 11 is 0. The van der Waals surface area contributed by atoms with Crippen LogP contribution in [0.5, 0.6) is 0 Å². The van der Waals surface area contributed by atoms with Gasteiger partial charge in [-0.05, 0) is 43.3 Å². The second-order valence-electron chi connectivity index (χ2n) is 7.68. The lowest BCUT2D eigenvalue weighted by molar-refractivity contribution is 0.0483. The molecule has 1 amide bonds. The number of rotatable bonds is 6. The maximum Gasteiger partial charge on any atom is 0.374 e. The van der Waals surface area contributed by atoms with Crippen LogP contribution in [0.15, 0.2) is 45.9 Å². The minimum atomic E-state index is -3.92. The summed E-state index contributed by atoms with van der Waals surface area (Å²) in [4.78, 5) is 28.5. The molecule has 33 heavy (non-hydrogen) atoms. The van der Waals surface area contributed by atoms with E-state index in [1.165, 1.54) is 16.4 Å². The molecule has 2 saturated heterocycles. The first-order chi connectivity index (χ1) is 15.9. The molecule has 0 unspecified atom stereocenters. The third-order valence-corrected chi connectivity index (χ3v) is 7.44. The highest BCUT2D eigenvalue weighted by Gasteiger charge is 2.33. The number of sulfonamides is 1. The van der Waals surface area contributed by atoms with Crippen LogP contribution in [0, 0.1) is 0 Å². The summed E-state index contributed by atoms with van der Waals surface area (Å²) < 4.78 is 42.4. The Hall–Kier alpha value is -2.89. The summed E-state index contributed by atoms with van der Waals surface area (Å²) in [5.41, 5.74) is 1.61. The number of piperazine rings is 1. The van der Waals surface area contributed by atoms with Gasteiger partial charge in [0.1, 0.15) is 0 Å². The number of esters is 1. The van der Waals surface area contributed by atoms with Gasteiger partial charge in [-0.25, -0.2) is 13.2 Å². The molecule has 178 valence electrons. The average molecular weight is 478 g/mol. The zero-order valence-corrected chi connectivity index (χ0v) is 19.3. The molecule has 11 heteroatoms. The van der Waals surface area contributed by atoms with Crippen molar-refractivity contribution in [3.8, 4) is 0 Å². The summed E-state index contributed by atoms with van der Waals surface area (Å²) in [6.45, 7) is 5.62. The molecule has 0 radical (unpaired) electrons. The molecule has 0 spiro atoms. The highest BCUT2D eigenvalue weighted by Crippen LogP contribution is 2.22. The van der Waals surface area contributed by atoms with E-state index in [0.29, 0.717) is 18.8 Å². The minimum Gasteiger partial charge on any atom is -0.460 e. The Labute approximate surface area is 192 Å². The van der Waals surface area contributed by atoms with E-state index in [1.807, 2.05) is 12.1 Å². The van der Waals surface area contributed by atoms with E-state index in [9.17, 15) is 18.0 Å². The fourth-order valence-corrected chi connectivity index (χ4v) is 5.18. The number of carbonyl (C=O) groups is 2. The second kappa shape index (κ2) is 9.94. The van der Waals surface area contributed by atoms with E-state index < -0.39 is 16.0 Å². The number of ether oxygens (including phenoxy) is 2. The van der Waals surface area contributed by atoms with E-state index in [1.54, 1.807) is 24.0 Å². The SMILES string of the molecule is CCOC(=O)c1ccc(S(=O)(=O)N2CCN(C(=O)c3ccc(N4CCOCC4)cc3)CC2)o1. The summed E-state index contributed by atoms with van der Waals surface area (Å²) in [5, 5.41) is -0.316. The van der Waals surface area contributed by atoms with Crippen molar-refractivity contribution >= 4 is 27.6 Å². The first-order valence-electron chi connectivity index (χ1n) is 10.9. The van der Waals surface area contributed by atoms with Crippen molar-refractivity contribution < 1.29 is 31.9 Å². The molecule has 10 nitrogen and oxygen atoms in total. The van der Waals surface area contributed by atoms with Crippen LogP contribution in [0.4, 0.5) is 5.69 Å². The van der Waals surface area contributed by atoms with Crippen molar-refractivity contribution in [3.05, 3.63) is 47.7 Å². The van der Waals surface area contributed by atoms with Crippen LogP contribution in [-0.4, -0.2) is 88.6 Å². The van der Waals surface area contributed by atoms with Crippen LogP contribution in [-0.2, 0) is 19.5 Å². The summed E-state index contributed by atoms with van der Waals surface area (Å²) in [6.07, 6.45) is 0. The number of nitrogens with zero attached hydrogens (tertiary/aromatic N) is 3. The molecule has 0 saturated carbocycles. The van der Waals surface area contributed by atoms with Crippen molar-refractivity contribution in [2.75, 3.05) is 64.0 Å². The third kappa shape index (κ3) is 5.05. The standard InChI is InChI=1S/C22H27N3O7S/c1-2-31-22(27)19-7-8-20(32-19)33(28,29)25-11-9-24(10-12-25)21(26)17-3-5-18(6-4-17)23-13-15-30-16-14-23/h3-8H,2,9-16H2,1H3. The first kappa shape index (κ1) is 23.3. The van der Waals surface area contributed by atoms with E-state index >= 15 is 0 Å². The van der Waals surface area contributed by atoms with Gasteiger partial charge in [-0.1, -0.05) is 0 Å². The van der Waals surface area contributed by atoms with Crippen LogP contribution in [0.25, 0.3) is 0 Å². The van der Waals surface area contributed by atoms with Gasteiger partial charge in [-0.2, -0.15) is 4.31 Å². The van der Waals surface area contributed by atoms with Gasteiger partial charge >= 0.3 is 5.97 Å². The van der Waals surface area contributed by atoms with Crippen LogP contribution in [0.2, 0.25) is 0 Å². The van der Waals surface area contributed by atoms with Crippen molar-refractivity contribution in [1.82, 2.24) is 9.21 Å². The molecule has 0 bridgehead atoms. The molecule has 2 aromatic rings. The molecule has 2 aliphatic rings. The zero-order valence-electron chi connectivity index (χ0n) is 18.4. The van der Waals surface area contributed by atoms with E-state index in [4.69, 9.17) is 13.9 Å². The van der Waals surface area contributed by atoms with Crippen molar-refractivity contribution in [2.45, 2.75) is 12.0 Å². The van der Waals surface area contributed by atoms with E-state index in [0.717, 1.165) is 18.8 Å². The molecule has 2 fully saturated rings. The number of benzene rings is 1. The van der Waals surface area contributed by atoms with Gasteiger partial charge in [0.2, 0.25) is 10.9 Å². The Bertz CT molecular complexity index is 1080. The van der Waals surface area contributed by atoms with Gasteiger partial charge in [-0.3, -0.25) is 4.79 Å². The number of carbonyl (C=O) groups excluding carboxylic acids is 2. The summed E-state index contributed by atoms with van der Waals surface area (Å²) in [5.74, 6) is -1.01. The van der Waals surface area contributed by atoms with Gasteiger partial charge < -0.3 is 23.7 Å². The van der Waals surface area contributed by atoms with E-state index in [2.05, 4.69) is 4.90 Å². The van der Waals surface area contributed by atoms with E-state index in [-0.39, 0.29) is 49.5 Å². The number of anilines is 1. The van der Waals surface area contributed by atoms with Crippen LogP contribution < -0.4 is 4.90 Å². The Balaban J connectivity index is 1.36. The topological polar surface area (TPSA) is 110 Å². The molecule has 0 N–H and O–H groups in total. The predicted octanol–water partition coefficient (Wildman–Crippen LogP) is 1.44. The first-order valence-corrected chi connectivity index (χ1v) is 12.3. The predicted molar refractivity (Wildman–Crippen MR) is 119 cm³/mol. The molecular weight excluding hydrogens is 450 g/mol. The van der Waals surface area contributed by atoms with Crippen molar-refractivity contribution in [1.29, 1.82) is 0 Å². The fraction of sp³-hybridized carbons (Fsp3) is 0.455. The van der Waals surface area contributed by atoms with Gasteiger partial charge in [0.15, 0.2) is 0 Å². The number of hydrogen-bond acceptors (Lipinski definition) is 8. The molecular formula is C22H27N3O7S. The Morgan fingerprint density at radius 2 is 1.61 bits per heavy atom. The minimum absolute atomic E-state index is 0.134. The fourth-order valence-electron chi connectivity index (χ4n) is 3.85. The molecule has 2 aliphatic heterocycles. The number of furan rings is 1. The summed E-state index contributed by atoms with van der Waals surface area (Å²) in [6, 6.07) is 9.99. The highest BCUT2D eigenvalue weighted by atomic mass is 32.2. The van der Waals surface area contributed by atoms with Crippen LogP contribution in [0.3, 0.4) is 0 Å². The maximum atomic E-state index is 12.9. The third-order valence-electron chi connectivity index (χ3n) is 5.67. The van der Waals surface area contributed by atoms with Gasteiger partial charge in [-0.15, -0.1) is 0 Å². The Morgan fingerprint density at radius 1 is 0.939 bits per heavy atom. The number of amides is 1.